The highest BCUT2D eigenvalue weighted by Gasteiger charge is 2.23. The number of aliphatic hydroxyl groups excluding tert-OH is 2. The molecule has 124 valence electrons. The Morgan fingerprint density at radius 2 is 2.39 bits per heavy atom. The molecule has 2 aromatic heterocycles. The molecule has 0 aliphatic carbocycles. The Morgan fingerprint density at radius 3 is 3.00 bits per heavy atom. The van der Waals surface area contributed by atoms with Crippen LogP contribution in [-0.2, 0) is 4.74 Å². The number of aromatic nitrogens is 4. The number of ether oxygens (including phenoxy) is 1. The van der Waals surface area contributed by atoms with Crippen LogP contribution in [-0.4, -0.2) is 55.1 Å². The molecule has 2 rings (SSSR count). The first kappa shape index (κ1) is 16.7. The smallest absolute Gasteiger partial charge is 0.280 e. The minimum Gasteiger partial charge on any atom is -0.394 e. The summed E-state index contributed by atoms with van der Waals surface area (Å²) < 4.78 is 6.91. The predicted octanol–water partition coefficient (Wildman–Crippen LogP) is -0.731. The van der Waals surface area contributed by atoms with E-state index in [4.69, 9.17) is 16.0 Å². The number of nitrogens with two attached hydrogens (primary N) is 1. The van der Waals surface area contributed by atoms with Gasteiger partial charge in [0.25, 0.3) is 5.56 Å². The second kappa shape index (κ2) is 7.07. The lowest BCUT2D eigenvalue weighted by Gasteiger charge is -2.25. The van der Waals surface area contributed by atoms with Crippen molar-refractivity contribution in [3.8, 4) is 0 Å². The van der Waals surface area contributed by atoms with Gasteiger partial charge in [0, 0.05) is 4.91 Å². The average Bonchev–Trinajstić information content (AvgIpc) is 2.91. The number of nitrogens with zero attached hydrogens (tertiary/aromatic N) is 6. The van der Waals surface area contributed by atoms with Crippen molar-refractivity contribution in [1.82, 2.24) is 19.5 Å². The maximum atomic E-state index is 11.8. The van der Waals surface area contributed by atoms with Gasteiger partial charge in [0.2, 0.25) is 5.95 Å². The van der Waals surface area contributed by atoms with Crippen LogP contribution >= 0.6 is 0 Å². The molecular formula is C11H16N8O4. The number of azide groups is 1. The molecule has 12 heteroatoms. The summed E-state index contributed by atoms with van der Waals surface area (Å²) in [6.07, 6.45) is -1.55. The van der Waals surface area contributed by atoms with Gasteiger partial charge in [-0.05, 0) is 12.5 Å². The van der Waals surface area contributed by atoms with Gasteiger partial charge in [-0.2, -0.15) is 4.98 Å². The maximum absolute atomic E-state index is 11.8. The minimum atomic E-state index is -0.968. The number of nitrogen functional groups attached to an aromatic ring is 1. The summed E-state index contributed by atoms with van der Waals surface area (Å²) in [6.45, 7) is 0.825. The molecule has 5 N–H and O–H groups in total. The van der Waals surface area contributed by atoms with E-state index in [1.54, 1.807) is 0 Å². The molecule has 0 saturated carbocycles. The highest BCUT2D eigenvalue weighted by molar-refractivity contribution is 5.70. The quantitative estimate of drug-likeness (QED) is 0.293. The van der Waals surface area contributed by atoms with Crippen LogP contribution in [0.2, 0.25) is 0 Å². The molecule has 0 amide bonds. The number of aromatic amines is 1. The molecule has 3 atom stereocenters. The van der Waals surface area contributed by atoms with Crippen LogP contribution in [0, 0.1) is 0 Å². The van der Waals surface area contributed by atoms with E-state index in [0.717, 1.165) is 0 Å². The van der Waals surface area contributed by atoms with Gasteiger partial charge < -0.3 is 20.7 Å². The molecule has 0 aromatic carbocycles. The number of hydrogen-bond acceptors (Lipinski definition) is 8. The minimum absolute atomic E-state index is 0.0336. The van der Waals surface area contributed by atoms with Crippen LogP contribution in [0.3, 0.4) is 0 Å². The third kappa shape index (κ3) is 3.57. The van der Waals surface area contributed by atoms with Gasteiger partial charge in [0.15, 0.2) is 11.2 Å². The van der Waals surface area contributed by atoms with Gasteiger partial charge in [-0.3, -0.25) is 14.3 Å². The molecule has 2 aromatic rings. The van der Waals surface area contributed by atoms with Crippen LogP contribution in [0.1, 0.15) is 13.2 Å². The van der Waals surface area contributed by atoms with Crippen LogP contribution < -0.4 is 11.3 Å². The first-order chi connectivity index (χ1) is 11.0. The van der Waals surface area contributed by atoms with Gasteiger partial charge in [-0.15, -0.1) is 0 Å². The molecule has 0 saturated heterocycles. The Bertz CT molecular complexity index is 778. The molecule has 2 heterocycles. The van der Waals surface area contributed by atoms with E-state index in [1.165, 1.54) is 17.8 Å². The highest BCUT2D eigenvalue weighted by atomic mass is 16.5. The number of aliphatic hydroxyl groups is 2. The van der Waals surface area contributed by atoms with Gasteiger partial charge >= 0.3 is 0 Å². The summed E-state index contributed by atoms with van der Waals surface area (Å²) in [7, 11) is 0. The molecule has 23 heavy (non-hydrogen) atoms. The summed E-state index contributed by atoms with van der Waals surface area (Å²) in [5, 5.41) is 22.3. The summed E-state index contributed by atoms with van der Waals surface area (Å²) >= 11 is 0. The standard InChI is InChI=1S/C11H16N8O4/c1-5(21)6(3-20)23-7(2-15-18-13)19-4-14-8-9(19)16-11(12)17-10(8)22/h4-7,20-21H,2-3H2,1H3,(H3,12,16,17,22)/t5-,6+,7+/m0/s1. The van der Waals surface area contributed by atoms with Crippen molar-refractivity contribution in [3.05, 3.63) is 27.1 Å². The van der Waals surface area contributed by atoms with Crippen molar-refractivity contribution >= 4 is 17.1 Å². The van der Waals surface area contributed by atoms with E-state index in [1.807, 2.05) is 0 Å². The van der Waals surface area contributed by atoms with E-state index < -0.39 is 30.6 Å². The Labute approximate surface area is 129 Å². The Kier molecular flexibility index (Phi) is 5.13. The second-order valence-corrected chi connectivity index (χ2v) is 4.74. The molecule has 0 bridgehead atoms. The summed E-state index contributed by atoms with van der Waals surface area (Å²) in [5.41, 5.74) is 13.7. The number of anilines is 1. The number of nitrogens with one attached hydrogen (secondary N) is 1. The van der Waals surface area contributed by atoms with Crippen molar-refractivity contribution in [3.63, 3.8) is 0 Å². The zero-order chi connectivity index (χ0) is 17.0. The predicted molar refractivity (Wildman–Crippen MR) is 79.3 cm³/mol. The lowest BCUT2D eigenvalue weighted by Crippen LogP contribution is -2.34. The van der Waals surface area contributed by atoms with Crippen LogP contribution in [0.15, 0.2) is 16.2 Å². The number of hydrogen-bond donors (Lipinski definition) is 4. The Balaban J connectivity index is 2.47. The van der Waals surface area contributed by atoms with Gasteiger partial charge in [0.1, 0.15) is 12.3 Å². The van der Waals surface area contributed by atoms with Crippen molar-refractivity contribution in [1.29, 1.82) is 0 Å². The van der Waals surface area contributed by atoms with E-state index >= 15 is 0 Å². The average molecular weight is 324 g/mol. The van der Waals surface area contributed by atoms with E-state index in [2.05, 4.69) is 25.0 Å². The molecule has 0 radical (unpaired) electrons. The van der Waals surface area contributed by atoms with Crippen molar-refractivity contribution < 1.29 is 14.9 Å². The number of rotatable bonds is 7. The lowest BCUT2D eigenvalue weighted by molar-refractivity contribution is -0.113. The first-order valence-corrected chi connectivity index (χ1v) is 6.65. The summed E-state index contributed by atoms with van der Waals surface area (Å²) in [6, 6.07) is 0. The maximum Gasteiger partial charge on any atom is 0.280 e. The zero-order valence-corrected chi connectivity index (χ0v) is 12.2. The lowest BCUT2D eigenvalue weighted by atomic mass is 10.2. The third-order valence-corrected chi connectivity index (χ3v) is 3.11. The molecule has 0 fully saturated rings. The zero-order valence-electron chi connectivity index (χ0n) is 12.2. The van der Waals surface area contributed by atoms with E-state index in [9.17, 15) is 15.0 Å². The normalized spacial score (nSPS) is 15.1. The summed E-state index contributed by atoms with van der Waals surface area (Å²) in [5.74, 6) is -0.110. The van der Waals surface area contributed by atoms with Crippen LogP contribution in [0.4, 0.5) is 5.95 Å². The Hall–Kier alpha value is -2.66. The topological polar surface area (TPSA) is 188 Å². The molecule has 0 aliphatic heterocycles. The molecule has 12 nitrogen and oxygen atoms in total. The highest BCUT2D eigenvalue weighted by Crippen LogP contribution is 2.19. The van der Waals surface area contributed by atoms with Crippen molar-refractivity contribution in [2.75, 3.05) is 18.9 Å². The number of H-pyrrole nitrogens is 1. The van der Waals surface area contributed by atoms with E-state index in [0.29, 0.717) is 0 Å². The van der Waals surface area contributed by atoms with Crippen LogP contribution in [0.25, 0.3) is 21.6 Å². The fourth-order valence-corrected chi connectivity index (χ4v) is 1.97. The van der Waals surface area contributed by atoms with Gasteiger partial charge in [-0.1, -0.05) is 5.11 Å². The molecule has 0 unspecified atom stereocenters. The fourth-order valence-electron chi connectivity index (χ4n) is 1.97. The third-order valence-electron chi connectivity index (χ3n) is 3.11. The van der Waals surface area contributed by atoms with Gasteiger partial charge in [-0.25, -0.2) is 4.98 Å². The number of imidazole rings is 1. The first-order valence-electron chi connectivity index (χ1n) is 6.65. The van der Waals surface area contributed by atoms with Crippen molar-refractivity contribution in [2.24, 2.45) is 5.11 Å². The SMILES string of the molecule is C[C@H](O)[C@@H](CO)O[C@H](CN=[N+]=[N-])n1cnc2c(=O)[nH]c(N)nc21. The number of fused-ring (bicyclic) bond motifs is 1. The van der Waals surface area contributed by atoms with Gasteiger partial charge in [0.05, 0.1) is 25.6 Å². The molecule has 0 aliphatic rings. The van der Waals surface area contributed by atoms with Crippen molar-refractivity contribution in [2.45, 2.75) is 25.4 Å². The monoisotopic (exact) mass is 324 g/mol. The largest absolute Gasteiger partial charge is 0.394 e. The molecule has 0 spiro atoms. The Morgan fingerprint density at radius 1 is 1.65 bits per heavy atom. The molecular weight excluding hydrogens is 308 g/mol. The van der Waals surface area contributed by atoms with Crippen LogP contribution in [0.5, 0.6) is 0 Å². The summed E-state index contributed by atoms with van der Waals surface area (Å²) in [4.78, 5) is 24.7. The second-order valence-electron chi connectivity index (χ2n) is 4.74. The fraction of sp³-hybridized carbons (Fsp3) is 0.545. The van der Waals surface area contributed by atoms with E-state index in [-0.39, 0.29) is 23.7 Å².